The molecule has 0 saturated heterocycles. The van der Waals surface area contributed by atoms with Crippen molar-refractivity contribution in [1.82, 2.24) is 15.1 Å². The molecular weight excluding hydrogens is 316 g/mol. The third-order valence-electron chi connectivity index (χ3n) is 4.13. The summed E-state index contributed by atoms with van der Waals surface area (Å²) < 4.78 is 10.8. The Morgan fingerprint density at radius 1 is 1.17 bits per heavy atom. The van der Waals surface area contributed by atoms with E-state index in [0.717, 1.165) is 30.5 Å². The van der Waals surface area contributed by atoms with Gasteiger partial charge in [0.25, 0.3) is 0 Å². The molecule has 1 fully saturated rings. The summed E-state index contributed by atoms with van der Waals surface area (Å²) in [4.78, 5) is 8.83. The number of rotatable bonds is 4. The predicted molar refractivity (Wildman–Crippen MR) is 83.8 cm³/mol. The van der Waals surface area contributed by atoms with Crippen molar-refractivity contribution in [1.29, 1.82) is 0 Å². The van der Waals surface area contributed by atoms with E-state index in [1.807, 2.05) is 12.1 Å². The van der Waals surface area contributed by atoms with Crippen molar-refractivity contribution in [3.63, 3.8) is 0 Å². The zero-order valence-electron chi connectivity index (χ0n) is 12.3. The van der Waals surface area contributed by atoms with Crippen molar-refractivity contribution >= 4 is 11.6 Å². The van der Waals surface area contributed by atoms with Gasteiger partial charge in [-0.15, -0.1) is 0 Å². The number of nitrogens with two attached hydrogens (primary N) is 1. The zero-order valence-corrected chi connectivity index (χ0v) is 13.1. The maximum absolute atomic E-state index is 6.19. The Bertz CT molecular complexity index is 821. The molecule has 2 aromatic heterocycles. The first-order valence-electron chi connectivity index (χ1n) is 7.45. The minimum atomic E-state index is -0.417. The van der Waals surface area contributed by atoms with Crippen LogP contribution in [0, 0.1) is 0 Å². The summed E-state index contributed by atoms with van der Waals surface area (Å²) in [7, 11) is 0. The lowest BCUT2D eigenvalue weighted by molar-refractivity contribution is 0.229. The quantitative estimate of drug-likeness (QED) is 0.789. The summed E-state index contributed by atoms with van der Waals surface area (Å²) in [5.74, 6) is 1.61. The molecule has 7 heteroatoms. The maximum atomic E-state index is 6.19. The second-order valence-electron chi connectivity index (χ2n) is 5.85. The van der Waals surface area contributed by atoms with E-state index in [1.165, 1.54) is 0 Å². The minimum Gasteiger partial charge on any atom is -0.444 e. The van der Waals surface area contributed by atoms with Crippen LogP contribution in [-0.2, 0) is 12.0 Å². The van der Waals surface area contributed by atoms with E-state index < -0.39 is 5.54 Å². The number of nitrogens with zero attached hydrogens (tertiary/aromatic N) is 3. The van der Waals surface area contributed by atoms with Crippen LogP contribution in [0.15, 0.2) is 39.5 Å². The number of hydrogen-bond donors (Lipinski definition) is 1. The van der Waals surface area contributed by atoms with Gasteiger partial charge in [-0.05, 0) is 43.5 Å². The number of halogens is 1. The highest BCUT2D eigenvalue weighted by atomic mass is 35.5. The molecule has 6 nitrogen and oxygen atoms in total. The van der Waals surface area contributed by atoms with Crippen LogP contribution in [0.4, 0.5) is 0 Å². The molecule has 0 spiro atoms. The van der Waals surface area contributed by atoms with E-state index in [9.17, 15) is 0 Å². The van der Waals surface area contributed by atoms with Gasteiger partial charge in [-0.3, -0.25) is 0 Å². The van der Waals surface area contributed by atoms with E-state index in [4.69, 9.17) is 26.3 Å². The summed E-state index contributed by atoms with van der Waals surface area (Å²) >= 11 is 5.88. The smallest absolute Gasteiger partial charge is 0.232 e. The first kappa shape index (κ1) is 14.4. The average Bonchev–Trinajstić information content (AvgIpc) is 3.16. The standard InChI is InChI=1S/C16H15ClN4O2/c17-11-4-2-10(3-5-11)14-19-12(9-22-14)8-13-20-15(21-23-13)16(18)6-1-7-16/h2-5,9H,1,6-8,18H2. The SMILES string of the molecule is NC1(c2noc(Cc3coc(-c4ccc(Cl)cc4)n3)n2)CCC1. The van der Waals surface area contributed by atoms with Gasteiger partial charge in [0.05, 0.1) is 17.7 Å². The molecule has 0 radical (unpaired) electrons. The van der Waals surface area contributed by atoms with Crippen LogP contribution < -0.4 is 5.73 Å². The van der Waals surface area contributed by atoms with Gasteiger partial charge in [-0.1, -0.05) is 16.8 Å². The molecule has 1 aliphatic rings. The van der Waals surface area contributed by atoms with Crippen molar-refractivity contribution in [3.8, 4) is 11.5 Å². The third kappa shape index (κ3) is 2.75. The second-order valence-corrected chi connectivity index (χ2v) is 6.29. The molecule has 0 amide bonds. The van der Waals surface area contributed by atoms with Crippen molar-refractivity contribution in [2.75, 3.05) is 0 Å². The summed E-state index contributed by atoms with van der Waals surface area (Å²) in [6, 6.07) is 7.31. The molecule has 118 valence electrons. The van der Waals surface area contributed by atoms with Crippen LogP contribution in [0.1, 0.15) is 36.7 Å². The lowest BCUT2D eigenvalue weighted by Gasteiger charge is -2.34. The van der Waals surface area contributed by atoms with Crippen LogP contribution in [0.25, 0.3) is 11.5 Å². The Morgan fingerprint density at radius 2 is 1.96 bits per heavy atom. The van der Waals surface area contributed by atoms with Crippen molar-refractivity contribution < 1.29 is 8.94 Å². The summed E-state index contributed by atoms with van der Waals surface area (Å²) in [5.41, 5.74) is 7.37. The number of benzene rings is 1. The molecule has 1 saturated carbocycles. The Labute approximate surface area is 137 Å². The normalized spacial score (nSPS) is 16.3. The van der Waals surface area contributed by atoms with Gasteiger partial charge in [-0.2, -0.15) is 4.98 Å². The first-order valence-corrected chi connectivity index (χ1v) is 7.82. The maximum Gasteiger partial charge on any atom is 0.232 e. The van der Waals surface area contributed by atoms with Gasteiger partial charge in [-0.25, -0.2) is 4.98 Å². The lowest BCUT2D eigenvalue weighted by atomic mass is 9.77. The number of oxazole rings is 1. The van der Waals surface area contributed by atoms with Crippen molar-refractivity contribution in [2.45, 2.75) is 31.2 Å². The van der Waals surface area contributed by atoms with E-state index in [0.29, 0.717) is 29.0 Å². The second kappa shape index (κ2) is 5.47. The fourth-order valence-electron chi connectivity index (χ4n) is 2.58. The molecule has 1 aliphatic carbocycles. The highest BCUT2D eigenvalue weighted by Gasteiger charge is 2.39. The Hall–Kier alpha value is -2.18. The molecule has 0 bridgehead atoms. The molecule has 2 N–H and O–H groups in total. The fraction of sp³-hybridized carbons (Fsp3) is 0.312. The van der Waals surface area contributed by atoms with Gasteiger partial charge < -0.3 is 14.7 Å². The number of hydrogen-bond acceptors (Lipinski definition) is 6. The highest BCUT2D eigenvalue weighted by Crippen LogP contribution is 2.37. The third-order valence-corrected chi connectivity index (χ3v) is 4.39. The Morgan fingerprint density at radius 3 is 2.65 bits per heavy atom. The summed E-state index contributed by atoms with van der Waals surface area (Å²) in [6.45, 7) is 0. The molecule has 3 aromatic rings. The molecular formula is C16H15ClN4O2. The zero-order chi connectivity index (χ0) is 15.9. The van der Waals surface area contributed by atoms with Gasteiger partial charge in [0, 0.05) is 10.6 Å². The van der Waals surface area contributed by atoms with Crippen LogP contribution in [-0.4, -0.2) is 15.1 Å². The molecule has 4 rings (SSSR count). The van der Waals surface area contributed by atoms with Crippen molar-refractivity contribution in [2.24, 2.45) is 5.73 Å². The van der Waals surface area contributed by atoms with Crippen molar-refractivity contribution in [3.05, 3.63) is 53.0 Å². The van der Waals surface area contributed by atoms with Crippen LogP contribution in [0.5, 0.6) is 0 Å². The topological polar surface area (TPSA) is 91.0 Å². The van der Waals surface area contributed by atoms with Crippen LogP contribution in [0.2, 0.25) is 5.02 Å². The first-order chi connectivity index (χ1) is 11.1. The van der Waals surface area contributed by atoms with Gasteiger partial charge in [0.15, 0.2) is 5.82 Å². The molecule has 0 atom stereocenters. The highest BCUT2D eigenvalue weighted by molar-refractivity contribution is 6.30. The predicted octanol–water partition coefficient (Wildman–Crippen LogP) is 3.31. The largest absolute Gasteiger partial charge is 0.444 e. The monoisotopic (exact) mass is 330 g/mol. The molecule has 1 aromatic carbocycles. The van der Waals surface area contributed by atoms with E-state index >= 15 is 0 Å². The van der Waals surface area contributed by atoms with Crippen LogP contribution in [0.3, 0.4) is 0 Å². The molecule has 2 heterocycles. The lowest BCUT2D eigenvalue weighted by Crippen LogP contribution is -2.44. The molecule has 23 heavy (non-hydrogen) atoms. The van der Waals surface area contributed by atoms with Crippen LogP contribution >= 0.6 is 11.6 Å². The summed E-state index contributed by atoms with van der Waals surface area (Å²) in [6.07, 6.45) is 4.91. The molecule has 0 unspecified atom stereocenters. The summed E-state index contributed by atoms with van der Waals surface area (Å²) in [5, 5.41) is 4.67. The minimum absolute atomic E-state index is 0.417. The Balaban J connectivity index is 1.50. The van der Waals surface area contributed by atoms with Gasteiger partial charge in [0.1, 0.15) is 6.26 Å². The van der Waals surface area contributed by atoms with Gasteiger partial charge in [0.2, 0.25) is 11.8 Å². The number of aromatic nitrogens is 3. The van der Waals surface area contributed by atoms with E-state index in [-0.39, 0.29) is 0 Å². The average molecular weight is 331 g/mol. The van der Waals surface area contributed by atoms with E-state index in [1.54, 1.807) is 18.4 Å². The molecule has 0 aliphatic heterocycles. The van der Waals surface area contributed by atoms with E-state index in [2.05, 4.69) is 15.1 Å². The van der Waals surface area contributed by atoms with Gasteiger partial charge >= 0.3 is 0 Å². The Kier molecular flexibility index (Phi) is 3.43. The fourth-order valence-corrected chi connectivity index (χ4v) is 2.70.